The number of carboxylic acid groups (broad SMARTS) is 1. The summed E-state index contributed by atoms with van der Waals surface area (Å²) in [4.78, 5) is 28.3. The second-order valence-corrected chi connectivity index (χ2v) is 11.3. The lowest BCUT2D eigenvalue weighted by Crippen LogP contribution is -2.50. The number of carbonyl (C=O) groups is 2. The van der Waals surface area contributed by atoms with Crippen LogP contribution in [0.25, 0.3) is 21.7 Å². The fourth-order valence-electron chi connectivity index (χ4n) is 4.55. The number of aromatic nitrogens is 1. The van der Waals surface area contributed by atoms with Gasteiger partial charge in [0.25, 0.3) is 0 Å². The molecule has 3 unspecified atom stereocenters. The van der Waals surface area contributed by atoms with Gasteiger partial charge < -0.3 is 15.4 Å². The maximum Gasteiger partial charge on any atom is 0.433 e. The smallest absolute Gasteiger partial charge is 0.433 e. The van der Waals surface area contributed by atoms with Gasteiger partial charge in [0.15, 0.2) is 6.16 Å². The van der Waals surface area contributed by atoms with Crippen molar-refractivity contribution in [3.63, 3.8) is 0 Å². The number of carbonyl (C=O) groups excluding carboxylic acids is 1. The third-order valence-corrected chi connectivity index (χ3v) is 7.68. The molecule has 3 aromatic carbocycles. The Morgan fingerprint density at radius 3 is 2.46 bits per heavy atom. The van der Waals surface area contributed by atoms with Crippen molar-refractivity contribution in [3.05, 3.63) is 84.1 Å². The Labute approximate surface area is 217 Å². The van der Waals surface area contributed by atoms with Crippen LogP contribution >= 0.6 is 7.95 Å². The first-order valence-electron chi connectivity index (χ1n) is 12.6. The molecule has 0 aliphatic heterocycles. The van der Waals surface area contributed by atoms with E-state index in [0.29, 0.717) is 19.0 Å². The Morgan fingerprint density at radius 2 is 1.70 bits per heavy atom. The molecule has 4 N–H and O–H groups in total. The largest absolute Gasteiger partial charge is 0.480 e. The minimum Gasteiger partial charge on any atom is -0.480 e. The summed E-state index contributed by atoms with van der Waals surface area (Å²) in [6.45, 7) is 3.95. The van der Waals surface area contributed by atoms with Crippen LogP contribution in [0, 0.1) is 5.92 Å². The van der Waals surface area contributed by atoms with Gasteiger partial charge in [0.2, 0.25) is 5.91 Å². The summed E-state index contributed by atoms with van der Waals surface area (Å²) in [7, 11) is -1.87. The zero-order chi connectivity index (χ0) is 26.4. The molecule has 8 heteroatoms. The normalized spacial score (nSPS) is 13.5. The predicted molar refractivity (Wildman–Crippen MR) is 148 cm³/mol. The van der Waals surface area contributed by atoms with E-state index in [1.165, 1.54) is 0 Å². The average molecular weight is 519 g/mol. The molecule has 0 spiro atoms. The lowest BCUT2D eigenvalue weighted by atomic mass is 10.0. The molecule has 0 saturated heterocycles. The number of aliphatic carboxylic acids is 1. The summed E-state index contributed by atoms with van der Waals surface area (Å²) in [5, 5.41) is 18.7. The van der Waals surface area contributed by atoms with Crippen LogP contribution in [0.4, 0.5) is 0 Å². The van der Waals surface area contributed by atoms with Crippen molar-refractivity contribution in [1.82, 2.24) is 15.4 Å². The minimum absolute atomic E-state index is 0.146. The van der Waals surface area contributed by atoms with E-state index in [1.54, 1.807) is 6.20 Å². The highest BCUT2D eigenvalue weighted by atomic mass is 31.1. The zero-order valence-corrected chi connectivity index (χ0v) is 22.0. The third-order valence-electron chi connectivity index (χ3n) is 6.45. The molecule has 0 saturated carbocycles. The second-order valence-electron chi connectivity index (χ2n) is 9.81. The quantitative estimate of drug-likeness (QED) is 0.187. The maximum absolute atomic E-state index is 13.2. The number of hydrogen-bond acceptors (Lipinski definition) is 3. The summed E-state index contributed by atoms with van der Waals surface area (Å²) in [5.74, 6) is -1.40. The van der Waals surface area contributed by atoms with Crippen LogP contribution in [0.1, 0.15) is 31.4 Å². The number of hydrogen-bond donors (Lipinski definition) is 4. The van der Waals surface area contributed by atoms with E-state index in [1.807, 2.05) is 56.3 Å². The van der Waals surface area contributed by atoms with E-state index in [-0.39, 0.29) is 12.3 Å². The average Bonchev–Trinajstić information content (AvgIpc) is 3.29. The van der Waals surface area contributed by atoms with Crippen LogP contribution < -0.4 is 10.4 Å². The first-order chi connectivity index (χ1) is 17.8. The van der Waals surface area contributed by atoms with Gasteiger partial charge in [-0.25, -0.2) is 4.79 Å². The second kappa shape index (κ2) is 12.1. The molecule has 0 fully saturated rings. The molecule has 1 heterocycles. The number of H-pyrrole nitrogens is 1. The van der Waals surface area contributed by atoms with Gasteiger partial charge in [-0.2, -0.15) is 0 Å². The number of para-hydroxylation sites is 1. The van der Waals surface area contributed by atoms with Gasteiger partial charge in [0, 0.05) is 29.9 Å². The van der Waals surface area contributed by atoms with E-state index in [4.69, 9.17) is 0 Å². The van der Waals surface area contributed by atoms with Crippen LogP contribution in [0.15, 0.2) is 72.9 Å². The highest BCUT2D eigenvalue weighted by Gasteiger charge is 2.31. The number of fused-ring (bicyclic) bond motifs is 2. The predicted octanol–water partition coefficient (Wildman–Crippen LogP) is 5.42. The highest BCUT2D eigenvalue weighted by molar-refractivity contribution is 7.42. The Kier molecular flexibility index (Phi) is 8.70. The first kappa shape index (κ1) is 26.5. The number of amides is 1. The van der Waals surface area contributed by atoms with Crippen LogP contribution in [-0.4, -0.2) is 40.2 Å². The SMILES string of the molecule is CC(C)CC(N[P+](=O)CCc1ccc2ccccc2c1)C(=O)NC(Cc1c[nH]c2ccccc12)C(=O)O. The number of nitrogens with one attached hydrogen (secondary N) is 3. The molecule has 0 aliphatic rings. The monoisotopic (exact) mass is 518 g/mol. The van der Waals surface area contributed by atoms with Crippen molar-refractivity contribution in [1.29, 1.82) is 0 Å². The Balaban J connectivity index is 1.39. The van der Waals surface area contributed by atoms with E-state index in [9.17, 15) is 19.3 Å². The summed E-state index contributed by atoms with van der Waals surface area (Å²) in [5.41, 5.74) is 2.81. The Morgan fingerprint density at radius 1 is 0.973 bits per heavy atom. The topological polar surface area (TPSA) is 111 Å². The molecule has 0 aliphatic carbocycles. The number of benzene rings is 3. The molecule has 4 aromatic rings. The fourth-order valence-corrected chi connectivity index (χ4v) is 5.71. The van der Waals surface area contributed by atoms with Crippen LogP contribution in [0.3, 0.4) is 0 Å². The van der Waals surface area contributed by atoms with Crippen LogP contribution in [-0.2, 0) is 27.0 Å². The molecule has 1 amide bonds. The van der Waals surface area contributed by atoms with Crippen LogP contribution in [0.5, 0.6) is 0 Å². The standard InChI is InChI=1S/C29H32N3O4P/c1-19(2)15-26(32-37(36)14-13-20-11-12-21-7-3-4-8-22(21)16-20)28(33)31-27(29(34)35)17-23-18-30-25-10-6-5-9-24(23)25/h3-12,16,18-19,26-27,30H,13-15,17H2,1-2H3,(H2-,31,32,33,34,35,36)/p+1. The number of carboxylic acids is 1. The highest BCUT2D eigenvalue weighted by Crippen LogP contribution is 2.23. The fraction of sp³-hybridized carbons (Fsp3) is 0.310. The van der Waals surface area contributed by atoms with Crippen molar-refractivity contribution >= 4 is 41.5 Å². The maximum atomic E-state index is 13.2. The van der Waals surface area contributed by atoms with Crippen LogP contribution in [0.2, 0.25) is 0 Å². The number of aryl methyl sites for hydroxylation is 1. The van der Waals surface area contributed by atoms with Crippen molar-refractivity contribution in [3.8, 4) is 0 Å². The number of aromatic amines is 1. The number of rotatable bonds is 12. The molecule has 3 atom stereocenters. The van der Waals surface area contributed by atoms with Gasteiger partial charge in [-0.15, -0.1) is 0 Å². The molecule has 7 nitrogen and oxygen atoms in total. The van der Waals surface area contributed by atoms with Crippen molar-refractivity contribution in [2.75, 3.05) is 6.16 Å². The molecular formula is C29H33N3O4P+. The van der Waals surface area contributed by atoms with Gasteiger partial charge >= 0.3 is 13.9 Å². The summed E-state index contributed by atoms with van der Waals surface area (Å²) >= 11 is 0. The zero-order valence-electron chi connectivity index (χ0n) is 21.1. The lowest BCUT2D eigenvalue weighted by molar-refractivity contribution is -0.142. The molecule has 37 heavy (non-hydrogen) atoms. The Bertz CT molecular complexity index is 1410. The van der Waals surface area contributed by atoms with Gasteiger partial charge in [-0.05, 0) is 40.3 Å². The Hall–Kier alpha value is -3.54. The third kappa shape index (κ3) is 7.03. The van der Waals surface area contributed by atoms with Crippen molar-refractivity contribution in [2.24, 2.45) is 5.92 Å². The summed E-state index contributed by atoms with van der Waals surface area (Å²) < 4.78 is 12.9. The molecule has 4 rings (SSSR count). The molecule has 1 aromatic heterocycles. The van der Waals surface area contributed by atoms with Gasteiger partial charge in [0.1, 0.15) is 12.1 Å². The van der Waals surface area contributed by atoms with E-state index < -0.39 is 31.9 Å². The minimum atomic E-state index is -1.87. The van der Waals surface area contributed by atoms with Gasteiger partial charge in [-0.3, -0.25) is 4.79 Å². The molecule has 192 valence electrons. The van der Waals surface area contributed by atoms with Gasteiger partial charge in [0.05, 0.1) is 0 Å². The van der Waals surface area contributed by atoms with Crippen molar-refractivity contribution in [2.45, 2.75) is 45.2 Å². The molecule has 0 bridgehead atoms. The van der Waals surface area contributed by atoms with Gasteiger partial charge in [-0.1, -0.05) is 84.2 Å². The molecular weight excluding hydrogens is 485 g/mol. The summed E-state index contributed by atoms with van der Waals surface area (Å²) in [6.07, 6.45) is 3.37. The molecule has 0 radical (unpaired) electrons. The lowest BCUT2D eigenvalue weighted by Gasteiger charge is -2.19. The first-order valence-corrected chi connectivity index (χ1v) is 14.0. The van der Waals surface area contributed by atoms with E-state index >= 15 is 0 Å². The van der Waals surface area contributed by atoms with E-state index in [0.717, 1.165) is 32.8 Å². The van der Waals surface area contributed by atoms with Crippen molar-refractivity contribution < 1.29 is 19.3 Å². The summed E-state index contributed by atoms with van der Waals surface area (Å²) in [6, 6.07) is 20.1. The van der Waals surface area contributed by atoms with E-state index in [2.05, 4.69) is 39.7 Å².